The molecule has 0 saturated carbocycles. The minimum Gasteiger partial charge on any atom is -0.358 e. The number of ketones is 1. The number of carbonyl (C=O) groups is 1. The van der Waals surface area contributed by atoms with Gasteiger partial charge in [-0.15, -0.1) is 0 Å². The van der Waals surface area contributed by atoms with Gasteiger partial charge in [0.15, 0.2) is 5.69 Å². The first kappa shape index (κ1) is 9.91. The molecule has 0 aliphatic carbocycles. The molecule has 5 nitrogen and oxygen atoms in total. The quantitative estimate of drug-likeness (QED) is 0.352. The van der Waals surface area contributed by atoms with Crippen molar-refractivity contribution in [3.63, 3.8) is 0 Å². The van der Waals surface area contributed by atoms with Gasteiger partial charge in [-0.25, -0.2) is 4.57 Å². The molecule has 70 valence electrons. The second-order valence-electron chi connectivity index (χ2n) is 2.45. The molecule has 0 radical (unpaired) electrons. The number of carbonyl (C=O) groups excluding carboxylic acids is 1. The van der Waals surface area contributed by atoms with Crippen molar-refractivity contribution in [1.82, 2.24) is 4.57 Å². The number of hydrogen-bond donors (Lipinski definition) is 0. The third kappa shape index (κ3) is 1.77. The molecule has 0 unspecified atom stereocenters. The van der Waals surface area contributed by atoms with E-state index in [-0.39, 0.29) is 16.9 Å². The van der Waals surface area contributed by atoms with E-state index in [0.717, 1.165) is 0 Å². The highest BCUT2D eigenvalue weighted by Gasteiger charge is 2.18. The van der Waals surface area contributed by atoms with Crippen LogP contribution in [0.3, 0.4) is 0 Å². The molecule has 1 aromatic heterocycles. The van der Waals surface area contributed by atoms with Crippen LogP contribution < -0.4 is 0 Å². The highest BCUT2D eigenvalue weighted by molar-refractivity contribution is 9.09. The Morgan fingerprint density at radius 1 is 1.69 bits per heavy atom. The molecule has 1 rings (SSSR count). The molecule has 6 heteroatoms. The van der Waals surface area contributed by atoms with E-state index in [2.05, 4.69) is 15.9 Å². The van der Waals surface area contributed by atoms with Crippen molar-refractivity contribution in [1.29, 1.82) is 0 Å². The van der Waals surface area contributed by atoms with Gasteiger partial charge in [-0.05, 0) is 11.0 Å². The molecule has 1 heterocycles. The number of Topliss-reactive ketones (excluding diaryl/α,β-unsaturated/α-hetero) is 1. The van der Waals surface area contributed by atoms with Crippen LogP contribution in [0.25, 0.3) is 0 Å². The number of aromatic nitrogens is 1. The number of halogens is 1. The van der Waals surface area contributed by atoms with Crippen LogP contribution in [-0.2, 0) is 7.05 Å². The highest BCUT2D eigenvalue weighted by Crippen LogP contribution is 2.15. The molecule has 0 aliphatic heterocycles. The fourth-order valence-corrected chi connectivity index (χ4v) is 1.32. The van der Waals surface area contributed by atoms with Crippen molar-refractivity contribution >= 4 is 27.5 Å². The predicted octanol–water partition coefficient (Wildman–Crippen LogP) is 1.51. The van der Waals surface area contributed by atoms with Crippen molar-refractivity contribution in [3.05, 3.63) is 27.9 Å². The van der Waals surface area contributed by atoms with Crippen molar-refractivity contribution in [2.45, 2.75) is 0 Å². The molecule has 0 N–H and O–H groups in total. The van der Waals surface area contributed by atoms with Gasteiger partial charge in [0.05, 0.1) is 12.4 Å². The Morgan fingerprint density at radius 2 is 2.31 bits per heavy atom. The summed E-state index contributed by atoms with van der Waals surface area (Å²) in [5.41, 5.74) is 0.337. The van der Waals surface area contributed by atoms with Crippen LogP contribution in [-0.4, -0.2) is 20.6 Å². The van der Waals surface area contributed by atoms with Crippen molar-refractivity contribution in [3.8, 4) is 0 Å². The van der Waals surface area contributed by atoms with Gasteiger partial charge < -0.3 is 10.1 Å². The summed E-state index contributed by atoms with van der Waals surface area (Å²) in [5.74, 6) is -0.250. The van der Waals surface area contributed by atoms with Crippen molar-refractivity contribution < 1.29 is 9.72 Å². The van der Waals surface area contributed by atoms with Crippen LogP contribution in [0.15, 0.2) is 12.1 Å². The average molecular weight is 247 g/mol. The van der Waals surface area contributed by atoms with Crippen LogP contribution >= 0.6 is 15.9 Å². The first-order chi connectivity index (χ1) is 6.07. The van der Waals surface area contributed by atoms with Gasteiger partial charge in [0.1, 0.15) is 0 Å². The molecule has 0 bridgehead atoms. The molecular weight excluding hydrogens is 240 g/mol. The summed E-state index contributed by atoms with van der Waals surface area (Å²) in [7, 11) is 1.49. The molecule has 1 aromatic rings. The zero-order chi connectivity index (χ0) is 10.0. The molecule has 0 amide bonds. The standard InChI is InChI=1S/C7H7BrN2O3/c1-9-5(6(11)4-8)2-3-7(9)10(12)13/h2-3H,4H2,1H3. The van der Waals surface area contributed by atoms with Crippen LogP contribution in [0.1, 0.15) is 10.5 Å². The number of nitro groups is 1. The van der Waals surface area contributed by atoms with Gasteiger partial charge >= 0.3 is 5.82 Å². The number of rotatable bonds is 3. The Morgan fingerprint density at radius 3 is 2.69 bits per heavy atom. The van der Waals surface area contributed by atoms with Crippen molar-refractivity contribution in [2.75, 3.05) is 5.33 Å². The first-order valence-electron chi connectivity index (χ1n) is 3.47. The van der Waals surface area contributed by atoms with Crippen LogP contribution in [0.5, 0.6) is 0 Å². The lowest BCUT2D eigenvalue weighted by Crippen LogP contribution is -2.08. The van der Waals surface area contributed by atoms with E-state index in [1.54, 1.807) is 0 Å². The van der Waals surface area contributed by atoms with E-state index < -0.39 is 4.92 Å². The van der Waals surface area contributed by atoms with Crippen LogP contribution in [0, 0.1) is 10.1 Å². The molecule has 0 aliphatic rings. The van der Waals surface area contributed by atoms with Gasteiger partial charge in [-0.3, -0.25) is 4.79 Å². The second kappa shape index (κ2) is 3.69. The third-order valence-corrected chi connectivity index (χ3v) is 2.20. The molecule has 0 atom stereocenters. The molecule has 0 fully saturated rings. The van der Waals surface area contributed by atoms with Gasteiger partial charge in [0.25, 0.3) is 0 Å². The minimum atomic E-state index is -0.523. The maximum atomic E-state index is 11.2. The molecular formula is C7H7BrN2O3. The first-order valence-corrected chi connectivity index (χ1v) is 4.59. The summed E-state index contributed by atoms with van der Waals surface area (Å²) in [6.45, 7) is 0. The van der Waals surface area contributed by atoms with Gasteiger partial charge in [0.2, 0.25) is 5.78 Å². The number of hydrogen-bond acceptors (Lipinski definition) is 3. The second-order valence-corrected chi connectivity index (χ2v) is 3.01. The van der Waals surface area contributed by atoms with E-state index >= 15 is 0 Å². The molecule has 0 aromatic carbocycles. The summed E-state index contributed by atoms with van der Waals surface area (Å²) in [5, 5.41) is 10.6. The monoisotopic (exact) mass is 246 g/mol. The molecule has 0 saturated heterocycles. The Bertz CT molecular complexity index is 359. The smallest absolute Gasteiger partial charge is 0.323 e. The maximum Gasteiger partial charge on any atom is 0.323 e. The number of alkyl halides is 1. The zero-order valence-corrected chi connectivity index (χ0v) is 8.44. The lowest BCUT2D eigenvalue weighted by molar-refractivity contribution is -0.391. The summed E-state index contributed by atoms with van der Waals surface area (Å²) < 4.78 is 1.27. The molecule has 13 heavy (non-hydrogen) atoms. The van der Waals surface area contributed by atoms with Gasteiger partial charge in [-0.1, -0.05) is 15.9 Å². The normalized spacial score (nSPS) is 10.0. The van der Waals surface area contributed by atoms with E-state index in [9.17, 15) is 14.9 Å². The zero-order valence-electron chi connectivity index (χ0n) is 6.86. The topological polar surface area (TPSA) is 65.1 Å². The lowest BCUT2D eigenvalue weighted by Gasteiger charge is -1.96. The fourth-order valence-electron chi connectivity index (χ4n) is 1.03. The SMILES string of the molecule is Cn1c(C(=O)CBr)ccc1[N+](=O)[O-]. The Hall–Kier alpha value is -1.17. The Kier molecular flexibility index (Phi) is 2.82. The maximum absolute atomic E-state index is 11.2. The third-order valence-electron chi connectivity index (χ3n) is 1.69. The number of nitrogens with zero attached hydrogens (tertiary/aromatic N) is 2. The fraction of sp³-hybridized carbons (Fsp3) is 0.286. The van der Waals surface area contributed by atoms with E-state index in [0.29, 0.717) is 5.69 Å². The highest BCUT2D eigenvalue weighted by atomic mass is 79.9. The average Bonchev–Trinajstić information content (AvgIpc) is 2.46. The summed E-state index contributed by atoms with van der Waals surface area (Å²) >= 11 is 3.00. The van der Waals surface area contributed by atoms with Gasteiger partial charge in [-0.2, -0.15) is 0 Å². The predicted molar refractivity (Wildman–Crippen MR) is 50.2 cm³/mol. The summed E-state index contributed by atoms with van der Waals surface area (Å²) in [4.78, 5) is 21.1. The van der Waals surface area contributed by atoms with Crippen molar-refractivity contribution in [2.24, 2.45) is 7.05 Å². The minimum absolute atomic E-state index is 0.0794. The van der Waals surface area contributed by atoms with E-state index in [4.69, 9.17) is 0 Å². The van der Waals surface area contributed by atoms with Crippen LogP contribution in [0.4, 0.5) is 5.82 Å². The van der Waals surface area contributed by atoms with E-state index in [1.807, 2.05) is 0 Å². The summed E-state index contributed by atoms with van der Waals surface area (Å²) in [6, 6.07) is 2.76. The van der Waals surface area contributed by atoms with E-state index in [1.165, 1.54) is 23.7 Å². The van der Waals surface area contributed by atoms with Gasteiger partial charge in [0, 0.05) is 6.07 Å². The Balaban J connectivity index is 3.13. The lowest BCUT2D eigenvalue weighted by atomic mass is 10.3. The molecule has 0 spiro atoms. The Labute approximate surface area is 82.6 Å². The summed E-state index contributed by atoms with van der Waals surface area (Å²) in [6.07, 6.45) is 0. The van der Waals surface area contributed by atoms with Crippen LogP contribution in [0.2, 0.25) is 0 Å². The largest absolute Gasteiger partial charge is 0.358 e.